The van der Waals surface area contributed by atoms with Gasteiger partial charge in [-0.2, -0.15) is 0 Å². The minimum Gasteiger partial charge on any atom is -0.319 e. The molecule has 0 aromatic heterocycles. The first-order valence-electron chi connectivity index (χ1n) is 5.16. The van der Waals surface area contributed by atoms with Crippen LogP contribution in [0.1, 0.15) is 47.0 Å². The molecule has 1 atom stereocenters. The predicted molar refractivity (Wildman–Crippen MR) is 56.4 cm³/mol. The molecule has 0 radical (unpaired) electrons. The van der Waals surface area contributed by atoms with E-state index in [1.54, 1.807) is 0 Å². The van der Waals surface area contributed by atoms with E-state index in [1.807, 2.05) is 7.05 Å². The number of hydrogen-bond acceptors (Lipinski definition) is 1. The van der Waals surface area contributed by atoms with Gasteiger partial charge in [-0.15, -0.1) is 0 Å². The first kappa shape index (κ1) is 12.0. The van der Waals surface area contributed by atoms with Gasteiger partial charge in [-0.1, -0.05) is 34.1 Å². The molecule has 0 aliphatic rings. The summed E-state index contributed by atoms with van der Waals surface area (Å²) in [5.41, 5.74) is 0.533. The molecule has 0 heterocycles. The van der Waals surface area contributed by atoms with Crippen molar-refractivity contribution >= 4 is 0 Å². The van der Waals surface area contributed by atoms with Gasteiger partial charge in [0.1, 0.15) is 0 Å². The molecule has 1 nitrogen and oxygen atoms in total. The van der Waals surface area contributed by atoms with Crippen molar-refractivity contribution in [3.8, 4) is 0 Å². The fraction of sp³-hybridized carbons (Fsp3) is 1.00. The van der Waals surface area contributed by atoms with Crippen LogP contribution < -0.4 is 5.32 Å². The second-order valence-corrected chi connectivity index (χ2v) is 4.78. The van der Waals surface area contributed by atoms with Gasteiger partial charge in [-0.3, -0.25) is 0 Å². The van der Waals surface area contributed by atoms with Crippen LogP contribution in [0.3, 0.4) is 0 Å². The predicted octanol–water partition coefficient (Wildman–Crippen LogP) is 3.06. The largest absolute Gasteiger partial charge is 0.319 e. The second-order valence-electron chi connectivity index (χ2n) is 4.78. The van der Waals surface area contributed by atoms with E-state index in [0.717, 1.165) is 12.5 Å². The van der Waals surface area contributed by atoms with E-state index < -0.39 is 0 Å². The van der Waals surface area contributed by atoms with Gasteiger partial charge in [-0.05, 0) is 37.8 Å². The molecule has 1 N–H and O–H groups in total. The summed E-state index contributed by atoms with van der Waals surface area (Å²) in [6.07, 6.45) is 3.99. The minimum atomic E-state index is 0.533. The molecule has 0 aliphatic carbocycles. The molecule has 12 heavy (non-hydrogen) atoms. The van der Waals surface area contributed by atoms with Crippen LogP contribution in [0.25, 0.3) is 0 Å². The van der Waals surface area contributed by atoms with Crippen LogP contribution >= 0.6 is 0 Å². The van der Waals surface area contributed by atoms with Crippen molar-refractivity contribution in [3.05, 3.63) is 0 Å². The van der Waals surface area contributed by atoms with Gasteiger partial charge in [0, 0.05) is 0 Å². The molecule has 1 heteroatoms. The smallest absolute Gasteiger partial charge is 0.00260 e. The zero-order chi connectivity index (χ0) is 9.61. The fourth-order valence-electron chi connectivity index (χ4n) is 2.14. The van der Waals surface area contributed by atoms with Crippen LogP contribution in [-0.4, -0.2) is 13.6 Å². The number of rotatable bonds is 6. The third kappa shape index (κ3) is 5.59. The summed E-state index contributed by atoms with van der Waals surface area (Å²) < 4.78 is 0. The van der Waals surface area contributed by atoms with Gasteiger partial charge in [0.15, 0.2) is 0 Å². The summed E-state index contributed by atoms with van der Waals surface area (Å²) in [4.78, 5) is 0. The van der Waals surface area contributed by atoms with Crippen LogP contribution in [0.5, 0.6) is 0 Å². The van der Waals surface area contributed by atoms with Crippen LogP contribution in [0, 0.1) is 11.3 Å². The van der Waals surface area contributed by atoms with Crippen molar-refractivity contribution in [1.29, 1.82) is 0 Å². The Hall–Kier alpha value is -0.0400. The van der Waals surface area contributed by atoms with Gasteiger partial charge in [0.2, 0.25) is 0 Å². The summed E-state index contributed by atoms with van der Waals surface area (Å²) in [6.45, 7) is 10.5. The highest BCUT2D eigenvalue weighted by molar-refractivity contribution is 4.71. The number of nitrogens with one attached hydrogen (secondary N) is 1. The molecular formula is C11H25N. The van der Waals surface area contributed by atoms with Crippen LogP contribution in [-0.2, 0) is 0 Å². The highest BCUT2D eigenvalue weighted by Gasteiger charge is 2.19. The topological polar surface area (TPSA) is 12.0 Å². The van der Waals surface area contributed by atoms with E-state index in [-0.39, 0.29) is 0 Å². The van der Waals surface area contributed by atoms with E-state index in [0.29, 0.717) is 5.41 Å². The van der Waals surface area contributed by atoms with Gasteiger partial charge in [0.25, 0.3) is 0 Å². The normalized spacial score (nSPS) is 14.8. The first-order valence-corrected chi connectivity index (χ1v) is 5.16. The molecular weight excluding hydrogens is 146 g/mol. The third-order valence-electron chi connectivity index (χ3n) is 2.38. The molecule has 0 aliphatic heterocycles. The van der Waals surface area contributed by atoms with Crippen molar-refractivity contribution < 1.29 is 0 Å². The number of hydrogen-bond donors (Lipinski definition) is 1. The molecule has 0 rings (SSSR count). The zero-order valence-electron chi connectivity index (χ0n) is 9.41. The third-order valence-corrected chi connectivity index (χ3v) is 2.38. The van der Waals surface area contributed by atoms with Crippen molar-refractivity contribution in [1.82, 2.24) is 5.32 Å². The van der Waals surface area contributed by atoms with Crippen LogP contribution in [0.15, 0.2) is 0 Å². The summed E-state index contributed by atoms with van der Waals surface area (Å²) in [7, 11) is 2.03. The van der Waals surface area contributed by atoms with Gasteiger partial charge in [-0.25, -0.2) is 0 Å². The zero-order valence-corrected chi connectivity index (χ0v) is 9.41. The monoisotopic (exact) mass is 171 g/mol. The van der Waals surface area contributed by atoms with Crippen LogP contribution in [0.4, 0.5) is 0 Å². The summed E-state index contributed by atoms with van der Waals surface area (Å²) in [5, 5.41) is 3.23. The van der Waals surface area contributed by atoms with Crippen molar-refractivity contribution in [2.24, 2.45) is 11.3 Å². The Labute approximate surface area is 77.9 Å². The maximum atomic E-state index is 3.23. The molecule has 1 unspecified atom stereocenters. The fourth-order valence-corrected chi connectivity index (χ4v) is 2.14. The van der Waals surface area contributed by atoms with E-state index in [2.05, 4.69) is 33.0 Å². The lowest BCUT2D eigenvalue weighted by Gasteiger charge is -2.27. The summed E-state index contributed by atoms with van der Waals surface area (Å²) in [6, 6.07) is 0. The Bertz CT molecular complexity index is 108. The quantitative estimate of drug-likeness (QED) is 0.647. The Balaban J connectivity index is 3.70. The van der Waals surface area contributed by atoms with Gasteiger partial charge < -0.3 is 5.32 Å². The molecule has 0 saturated heterocycles. The van der Waals surface area contributed by atoms with Gasteiger partial charge in [0.05, 0.1) is 0 Å². The molecule has 0 fully saturated rings. The molecule has 0 bridgehead atoms. The summed E-state index contributed by atoms with van der Waals surface area (Å²) in [5.74, 6) is 0.802. The lowest BCUT2D eigenvalue weighted by atomic mass is 9.80. The van der Waals surface area contributed by atoms with Crippen molar-refractivity contribution in [2.45, 2.75) is 47.0 Å². The molecule has 0 spiro atoms. The highest BCUT2D eigenvalue weighted by atomic mass is 14.8. The standard InChI is InChI=1S/C11H25N/c1-6-7-11(3,4)8-10(2)9-12-5/h10,12H,6-9H2,1-5H3. The first-order chi connectivity index (χ1) is 5.52. The lowest BCUT2D eigenvalue weighted by molar-refractivity contribution is 0.252. The Morgan fingerprint density at radius 3 is 2.33 bits per heavy atom. The van der Waals surface area contributed by atoms with E-state index >= 15 is 0 Å². The molecule has 0 aromatic rings. The Kier molecular flexibility index (Phi) is 5.56. The van der Waals surface area contributed by atoms with Crippen molar-refractivity contribution in [2.75, 3.05) is 13.6 Å². The van der Waals surface area contributed by atoms with E-state index in [9.17, 15) is 0 Å². The van der Waals surface area contributed by atoms with Crippen LogP contribution in [0.2, 0.25) is 0 Å². The lowest BCUT2D eigenvalue weighted by Crippen LogP contribution is -2.22. The molecule has 0 aromatic carbocycles. The maximum Gasteiger partial charge on any atom is -0.00260 e. The second kappa shape index (κ2) is 5.58. The van der Waals surface area contributed by atoms with E-state index in [4.69, 9.17) is 0 Å². The molecule has 0 amide bonds. The maximum absolute atomic E-state index is 3.23. The molecule has 0 saturated carbocycles. The Morgan fingerprint density at radius 2 is 1.92 bits per heavy atom. The average Bonchev–Trinajstić information content (AvgIpc) is 1.85. The van der Waals surface area contributed by atoms with E-state index in [1.165, 1.54) is 19.3 Å². The Morgan fingerprint density at radius 1 is 1.33 bits per heavy atom. The SMILES string of the molecule is CCCC(C)(C)CC(C)CNC. The highest BCUT2D eigenvalue weighted by Crippen LogP contribution is 2.29. The average molecular weight is 171 g/mol. The molecule has 74 valence electrons. The van der Waals surface area contributed by atoms with Crippen molar-refractivity contribution in [3.63, 3.8) is 0 Å². The minimum absolute atomic E-state index is 0.533. The summed E-state index contributed by atoms with van der Waals surface area (Å²) >= 11 is 0. The van der Waals surface area contributed by atoms with Gasteiger partial charge >= 0.3 is 0 Å².